The lowest BCUT2D eigenvalue weighted by Crippen LogP contribution is -2.82. The fourth-order valence-corrected chi connectivity index (χ4v) is 30.5. The van der Waals surface area contributed by atoms with Crippen LogP contribution in [0.3, 0.4) is 0 Å². The molecule has 73 heavy (non-hydrogen) atoms. The Balaban J connectivity index is 0.000000115. The van der Waals surface area contributed by atoms with Gasteiger partial charge in [0.1, 0.15) is 0 Å². The summed E-state index contributed by atoms with van der Waals surface area (Å²) in [6.45, 7) is 16.8. The second kappa shape index (κ2) is 16.0. The van der Waals surface area contributed by atoms with Crippen molar-refractivity contribution in [2.75, 3.05) is 0 Å². The van der Waals surface area contributed by atoms with Gasteiger partial charge in [0.05, 0.1) is 0 Å². The average molecular weight is 1020 g/mol. The van der Waals surface area contributed by atoms with Crippen LogP contribution in [0.25, 0.3) is 0 Å². The molecule has 0 aromatic carbocycles. The van der Waals surface area contributed by atoms with Gasteiger partial charge in [-0.15, -0.1) is 0 Å². The van der Waals surface area contributed by atoms with Crippen molar-refractivity contribution < 1.29 is 17.5 Å². The fraction of sp³-hybridized carbons (Fsp3) is 1.00. The summed E-state index contributed by atoms with van der Waals surface area (Å²) in [5.41, 5.74) is 3.38. The van der Waals surface area contributed by atoms with Gasteiger partial charge in [0.15, 0.2) is 0 Å². The van der Waals surface area contributed by atoms with E-state index in [1.54, 1.807) is 193 Å². The first-order valence-electron chi connectivity index (χ1n) is 33.1. The third kappa shape index (κ3) is 6.74. The summed E-state index contributed by atoms with van der Waals surface area (Å²) < 4.78 is 31.6. The van der Waals surface area contributed by atoms with Gasteiger partial charge < -0.3 is 0 Å². The highest BCUT2D eigenvalue weighted by Gasteiger charge is 2.75. The van der Waals surface area contributed by atoms with Crippen LogP contribution < -0.4 is 0 Å². The van der Waals surface area contributed by atoms with Crippen molar-refractivity contribution in [1.29, 1.82) is 0 Å². The number of rotatable bonds is 6. The van der Waals surface area contributed by atoms with Crippen LogP contribution in [0.1, 0.15) is 234 Å². The molecule has 0 radical (unpaired) electrons. The van der Waals surface area contributed by atoms with Gasteiger partial charge >= 0.3 is 10.4 Å². The quantitative estimate of drug-likeness (QED) is 0.258. The van der Waals surface area contributed by atoms with E-state index < -0.39 is 10.4 Å². The van der Waals surface area contributed by atoms with Crippen molar-refractivity contribution in [3.63, 3.8) is 0 Å². The monoisotopic (exact) mass is 1020 g/mol. The van der Waals surface area contributed by atoms with Crippen LogP contribution in [-0.2, 0) is 10.4 Å². The van der Waals surface area contributed by atoms with Crippen LogP contribution in [-0.4, -0.2) is 60.6 Å². The molecule has 24 rings (SSSR count). The second-order valence-electron chi connectivity index (χ2n) is 34.1. The molecule has 2 N–H and O–H groups in total. The molecular formula is C66H104N2O4S. The smallest absolute Gasteiger partial charge is 0.285 e. The summed E-state index contributed by atoms with van der Waals surface area (Å²) >= 11 is 0. The van der Waals surface area contributed by atoms with E-state index in [4.69, 9.17) is 17.5 Å². The molecule has 0 aromatic rings. The zero-order valence-corrected chi connectivity index (χ0v) is 47.9. The standard InChI is InChI=1S/2C33H51N.H2O4S/c2*1-19-28-7-22-4-23(8-28)14-31(19,13-22)34(32-15-24-5-25(16-32)10-29(9-24)20(32)2)33-17-26-6-27(18-33)12-30(11-26)21(33)3;1-5(2,3)4/h2*19-30H,4-18H2,1-3H3;(H2,1,2,3,4). The average Bonchev–Trinajstić information content (AvgIpc) is 3.30. The SMILES string of the molecule is CC1C2CC3CC(C2)CC1(N(C12CC4CC(CC(C4)C1C)C2)C12CC4CC(CC(C4)C1C)C2)C3.CC1C2CC3CC(C2)CC1(N(C12CC4CC(CC(C4)C1C)C2)C12CC4CC(CC(C4)C1C)C2)C3.O=S(=O)(O)O. The maximum Gasteiger partial charge on any atom is 0.394 e. The van der Waals surface area contributed by atoms with Crippen LogP contribution in [0.15, 0.2) is 0 Å². The first-order valence-corrected chi connectivity index (χ1v) is 34.5. The Hall–Kier alpha value is -0.210. The minimum absolute atomic E-state index is 0.564. The Kier molecular flexibility index (Phi) is 10.7. The highest BCUT2D eigenvalue weighted by Crippen LogP contribution is 2.75. The van der Waals surface area contributed by atoms with E-state index in [2.05, 4.69) is 51.3 Å². The number of hydrogen-bond acceptors (Lipinski definition) is 4. The van der Waals surface area contributed by atoms with Crippen LogP contribution >= 0.6 is 0 Å². The molecule has 18 unspecified atom stereocenters. The Bertz CT molecular complexity index is 1870. The molecule has 0 saturated heterocycles. The maximum atomic E-state index is 8.74. The summed E-state index contributed by atoms with van der Waals surface area (Å²) in [6, 6.07) is 0. The van der Waals surface area contributed by atoms with Crippen molar-refractivity contribution in [1.82, 2.24) is 9.80 Å². The Morgan fingerprint density at radius 1 is 0.260 bits per heavy atom. The predicted molar refractivity (Wildman–Crippen MR) is 291 cm³/mol. The molecule has 0 spiro atoms. The minimum Gasteiger partial charge on any atom is -0.285 e. The van der Waals surface area contributed by atoms with E-state index in [-0.39, 0.29) is 0 Å². The lowest BCUT2D eigenvalue weighted by molar-refractivity contribution is -0.290. The molecule has 0 amide bonds. The number of hydrogen-bond donors (Lipinski definition) is 2. The summed E-state index contributed by atoms with van der Waals surface area (Å²) in [7, 11) is -4.67. The molecule has 18 atom stereocenters. The van der Waals surface area contributed by atoms with Crippen LogP contribution in [0.2, 0.25) is 0 Å². The third-order valence-electron chi connectivity index (χ3n) is 31.3. The van der Waals surface area contributed by atoms with E-state index in [9.17, 15) is 0 Å². The zero-order valence-electron chi connectivity index (χ0n) is 47.1. The topological polar surface area (TPSA) is 81.1 Å². The molecule has 0 heterocycles. The van der Waals surface area contributed by atoms with Gasteiger partial charge in [-0.1, -0.05) is 41.5 Å². The van der Waals surface area contributed by atoms with Gasteiger partial charge in [-0.2, -0.15) is 8.42 Å². The molecule has 7 heteroatoms. The minimum atomic E-state index is -4.67. The molecule has 24 aliphatic carbocycles. The first-order chi connectivity index (χ1) is 34.8. The van der Waals surface area contributed by atoms with Crippen LogP contribution in [0.4, 0.5) is 0 Å². The molecule has 24 aliphatic rings. The summed E-state index contributed by atoms with van der Waals surface area (Å²) in [6.07, 6.45) is 48.0. The van der Waals surface area contributed by atoms with Gasteiger partial charge in [0.25, 0.3) is 0 Å². The largest absolute Gasteiger partial charge is 0.394 e. The summed E-state index contributed by atoms with van der Waals surface area (Å²) in [5, 5.41) is 0. The molecule has 408 valence electrons. The van der Waals surface area contributed by atoms with E-state index >= 15 is 0 Å². The van der Waals surface area contributed by atoms with E-state index in [1.165, 1.54) is 0 Å². The lowest BCUT2D eigenvalue weighted by Gasteiger charge is -2.79. The molecule has 6 nitrogen and oxygen atoms in total. The second-order valence-corrected chi connectivity index (χ2v) is 35.0. The van der Waals surface area contributed by atoms with Crippen LogP contribution in [0, 0.1) is 142 Å². The van der Waals surface area contributed by atoms with Gasteiger partial charge in [-0.05, 0) is 335 Å². The van der Waals surface area contributed by atoms with Crippen molar-refractivity contribution in [3.8, 4) is 0 Å². The molecule has 24 bridgehead atoms. The normalized spacial score (nSPS) is 62.9. The van der Waals surface area contributed by atoms with E-state index in [1.807, 2.05) is 0 Å². The maximum absolute atomic E-state index is 8.74. The van der Waals surface area contributed by atoms with E-state index in [0.29, 0.717) is 33.2 Å². The summed E-state index contributed by atoms with van der Waals surface area (Å²) in [5.74, 6) is 25.0. The van der Waals surface area contributed by atoms with Crippen molar-refractivity contribution in [2.45, 2.75) is 267 Å². The Labute approximate surface area is 445 Å². The van der Waals surface area contributed by atoms with Crippen molar-refractivity contribution in [3.05, 3.63) is 0 Å². The fourth-order valence-electron chi connectivity index (χ4n) is 30.5. The van der Waals surface area contributed by atoms with E-state index in [0.717, 1.165) is 142 Å². The molecule has 0 aromatic heterocycles. The third-order valence-corrected chi connectivity index (χ3v) is 31.3. The Morgan fingerprint density at radius 2 is 0.370 bits per heavy atom. The highest BCUT2D eigenvalue weighted by molar-refractivity contribution is 7.79. The zero-order chi connectivity index (χ0) is 49.7. The molecule has 0 aliphatic heterocycles. The van der Waals surface area contributed by atoms with Crippen molar-refractivity contribution in [2.24, 2.45) is 142 Å². The predicted octanol–water partition coefficient (Wildman–Crippen LogP) is 15.2. The van der Waals surface area contributed by atoms with Gasteiger partial charge in [-0.25, -0.2) is 0 Å². The van der Waals surface area contributed by atoms with Crippen molar-refractivity contribution >= 4 is 10.4 Å². The Morgan fingerprint density at radius 3 is 0.479 bits per heavy atom. The number of nitrogens with zero attached hydrogens (tertiary/aromatic N) is 2. The first kappa shape index (κ1) is 48.7. The molecular weight excluding hydrogens is 917 g/mol. The molecule has 24 saturated carbocycles. The lowest BCUT2D eigenvalue weighted by atomic mass is 9.40. The van der Waals surface area contributed by atoms with Gasteiger partial charge in [-0.3, -0.25) is 18.9 Å². The van der Waals surface area contributed by atoms with Gasteiger partial charge in [0.2, 0.25) is 0 Å². The highest BCUT2D eigenvalue weighted by atomic mass is 32.3. The van der Waals surface area contributed by atoms with Gasteiger partial charge in [0, 0.05) is 33.2 Å². The van der Waals surface area contributed by atoms with Crippen LogP contribution in [0.5, 0.6) is 0 Å². The summed E-state index contributed by atoms with van der Waals surface area (Å²) in [4.78, 5) is 7.35. The molecule has 24 fully saturated rings.